The number of halogens is 1. The Labute approximate surface area is 154 Å². The van der Waals surface area contributed by atoms with Crippen molar-refractivity contribution >= 4 is 11.8 Å². The zero-order valence-corrected chi connectivity index (χ0v) is 15.7. The van der Waals surface area contributed by atoms with E-state index in [9.17, 15) is 14.0 Å². The summed E-state index contributed by atoms with van der Waals surface area (Å²) in [7, 11) is 1.54. The van der Waals surface area contributed by atoms with Crippen LogP contribution in [0.3, 0.4) is 0 Å². The van der Waals surface area contributed by atoms with Gasteiger partial charge in [-0.3, -0.25) is 9.59 Å². The maximum atomic E-state index is 13.1. The Morgan fingerprint density at radius 2 is 1.65 bits per heavy atom. The summed E-state index contributed by atoms with van der Waals surface area (Å²) in [5, 5.41) is 2.58. The lowest BCUT2D eigenvalue weighted by Crippen LogP contribution is -2.47. The number of amides is 2. The molecule has 2 amide bonds. The molecular weight excluding hydrogens is 331 g/mol. The van der Waals surface area contributed by atoms with E-state index in [4.69, 9.17) is 0 Å². The van der Waals surface area contributed by atoms with Crippen molar-refractivity contribution in [1.82, 2.24) is 10.2 Å². The van der Waals surface area contributed by atoms with Crippen LogP contribution >= 0.6 is 0 Å². The Bertz CT molecular complexity index is 787. The number of nitrogens with one attached hydrogen (secondary N) is 1. The molecule has 2 rings (SSSR count). The molecule has 1 N–H and O–H groups in total. The molecule has 0 spiro atoms. The first-order valence-electron chi connectivity index (χ1n) is 8.63. The average Bonchev–Trinajstić information content (AvgIpc) is 2.63. The first-order chi connectivity index (χ1) is 12.3. The Balaban J connectivity index is 2.23. The second-order valence-electron chi connectivity index (χ2n) is 6.53. The highest BCUT2D eigenvalue weighted by atomic mass is 19.1. The van der Waals surface area contributed by atoms with Gasteiger partial charge in [-0.25, -0.2) is 4.39 Å². The van der Waals surface area contributed by atoms with Gasteiger partial charge in [0.2, 0.25) is 11.8 Å². The van der Waals surface area contributed by atoms with Crippen molar-refractivity contribution in [2.75, 3.05) is 7.05 Å². The second kappa shape index (κ2) is 8.61. The highest BCUT2D eigenvalue weighted by Gasteiger charge is 2.25. The van der Waals surface area contributed by atoms with Gasteiger partial charge in [-0.2, -0.15) is 0 Å². The molecule has 2 aromatic rings. The molecule has 138 valence electrons. The molecule has 0 aliphatic rings. The Hall–Kier alpha value is -2.69. The minimum Gasteiger partial charge on any atom is -0.357 e. The lowest BCUT2D eigenvalue weighted by Gasteiger charge is -2.28. The number of nitrogens with zero attached hydrogens (tertiary/aromatic N) is 1. The number of aryl methyl sites for hydroxylation is 2. The number of carbonyl (C=O) groups excluding carboxylic acids is 2. The normalized spacial score (nSPS) is 11.7. The van der Waals surface area contributed by atoms with Crippen molar-refractivity contribution in [3.8, 4) is 0 Å². The maximum absolute atomic E-state index is 13.1. The number of carbonyl (C=O) groups is 2. The number of rotatable bonds is 6. The molecule has 0 bridgehead atoms. The Morgan fingerprint density at radius 1 is 1.04 bits per heavy atom. The molecule has 0 radical (unpaired) electrons. The van der Waals surface area contributed by atoms with Crippen LogP contribution in [-0.4, -0.2) is 29.8 Å². The third-order valence-electron chi connectivity index (χ3n) is 4.61. The van der Waals surface area contributed by atoms with Crippen LogP contribution in [0.4, 0.5) is 4.39 Å². The molecule has 0 saturated heterocycles. The molecule has 0 fully saturated rings. The van der Waals surface area contributed by atoms with E-state index >= 15 is 0 Å². The first kappa shape index (κ1) is 19.6. The zero-order chi connectivity index (χ0) is 19.3. The van der Waals surface area contributed by atoms with Crippen molar-refractivity contribution in [2.45, 2.75) is 39.8 Å². The molecule has 1 atom stereocenters. The van der Waals surface area contributed by atoms with Gasteiger partial charge in [0, 0.05) is 13.6 Å². The Morgan fingerprint density at radius 3 is 2.23 bits per heavy atom. The van der Waals surface area contributed by atoms with E-state index in [1.807, 2.05) is 32.0 Å². The summed E-state index contributed by atoms with van der Waals surface area (Å²) in [6.45, 7) is 5.97. The van der Waals surface area contributed by atoms with Crippen LogP contribution in [0.2, 0.25) is 0 Å². The summed E-state index contributed by atoms with van der Waals surface area (Å²) >= 11 is 0. The Kier molecular flexibility index (Phi) is 6.50. The number of likely N-dealkylation sites (N-methyl/N-ethyl adjacent to an activating group) is 1. The van der Waals surface area contributed by atoms with E-state index in [2.05, 4.69) is 5.32 Å². The van der Waals surface area contributed by atoms with Gasteiger partial charge in [0.05, 0.1) is 6.42 Å². The van der Waals surface area contributed by atoms with Gasteiger partial charge in [-0.1, -0.05) is 30.3 Å². The van der Waals surface area contributed by atoms with E-state index in [0.29, 0.717) is 0 Å². The van der Waals surface area contributed by atoms with Gasteiger partial charge < -0.3 is 10.2 Å². The monoisotopic (exact) mass is 356 g/mol. The van der Waals surface area contributed by atoms with Gasteiger partial charge in [0.15, 0.2) is 0 Å². The first-order valence-corrected chi connectivity index (χ1v) is 8.63. The molecule has 0 aliphatic heterocycles. The highest BCUT2D eigenvalue weighted by Crippen LogP contribution is 2.15. The molecule has 4 nitrogen and oxygen atoms in total. The van der Waals surface area contributed by atoms with Crippen LogP contribution in [0.1, 0.15) is 29.2 Å². The largest absolute Gasteiger partial charge is 0.357 e. The molecule has 2 aromatic carbocycles. The third kappa shape index (κ3) is 4.91. The van der Waals surface area contributed by atoms with Gasteiger partial charge in [-0.05, 0) is 55.2 Å². The minimum atomic E-state index is -0.621. The summed E-state index contributed by atoms with van der Waals surface area (Å²) in [6.07, 6.45) is 0.212. The molecule has 0 aliphatic carbocycles. The van der Waals surface area contributed by atoms with Gasteiger partial charge >= 0.3 is 0 Å². The van der Waals surface area contributed by atoms with E-state index in [1.165, 1.54) is 22.6 Å². The lowest BCUT2D eigenvalue weighted by molar-refractivity contribution is -0.139. The topological polar surface area (TPSA) is 49.4 Å². The minimum absolute atomic E-state index is 0.145. The van der Waals surface area contributed by atoms with Crippen LogP contribution in [0.5, 0.6) is 0 Å². The predicted octanol–water partition coefficient (Wildman–Crippen LogP) is 3.15. The van der Waals surface area contributed by atoms with Crippen molar-refractivity contribution < 1.29 is 14.0 Å². The van der Waals surface area contributed by atoms with Gasteiger partial charge in [-0.15, -0.1) is 0 Å². The summed E-state index contributed by atoms with van der Waals surface area (Å²) in [5.41, 5.74) is 3.98. The second-order valence-corrected chi connectivity index (χ2v) is 6.53. The number of hydrogen-bond acceptors (Lipinski definition) is 2. The summed E-state index contributed by atoms with van der Waals surface area (Å²) in [4.78, 5) is 26.5. The fourth-order valence-corrected chi connectivity index (χ4v) is 2.77. The molecule has 5 heteroatoms. The fraction of sp³-hybridized carbons (Fsp3) is 0.333. The molecule has 0 unspecified atom stereocenters. The van der Waals surface area contributed by atoms with Crippen molar-refractivity contribution in [3.63, 3.8) is 0 Å². The summed E-state index contributed by atoms with van der Waals surface area (Å²) in [6, 6.07) is 11.3. The van der Waals surface area contributed by atoms with Crippen LogP contribution < -0.4 is 5.32 Å². The van der Waals surface area contributed by atoms with E-state index in [1.54, 1.807) is 26.1 Å². The zero-order valence-electron chi connectivity index (χ0n) is 15.7. The molecular formula is C21H25FN2O2. The van der Waals surface area contributed by atoms with Gasteiger partial charge in [0.25, 0.3) is 0 Å². The smallest absolute Gasteiger partial charge is 0.242 e. The molecule has 26 heavy (non-hydrogen) atoms. The van der Waals surface area contributed by atoms with E-state index in [0.717, 1.165) is 16.7 Å². The van der Waals surface area contributed by atoms with Crippen LogP contribution in [0, 0.1) is 19.7 Å². The molecule has 0 heterocycles. The average molecular weight is 356 g/mol. The van der Waals surface area contributed by atoms with Crippen LogP contribution in [0.15, 0.2) is 42.5 Å². The van der Waals surface area contributed by atoms with Gasteiger partial charge in [0.1, 0.15) is 11.9 Å². The van der Waals surface area contributed by atoms with Crippen molar-refractivity contribution in [1.29, 1.82) is 0 Å². The summed E-state index contributed by atoms with van der Waals surface area (Å²) < 4.78 is 13.1. The standard InChI is InChI=1S/C21H25FN2O2/c1-14-5-6-18(11-15(14)2)12-20(25)24(16(3)21(26)23-4)13-17-7-9-19(22)10-8-17/h5-11,16H,12-13H2,1-4H3,(H,23,26)/t16-/m0/s1. The fourth-order valence-electron chi connectivity index (χ4n) is 2.77. The number of benzene rings is 2. The highest BCUT2D eigenvalue weighted by molar-refractivity contribution is 5.88. The molecule has 0 saturated carbocycles. The van der Waals surface area contributed by atoms with Crippen LogP contribution in [-0.2, 0) is 22.6 Å². The van der Waals surface area contributed by atoms with Crippen LogP contribution in [0.25, 0.3) is 0 Å². The summed E-state index contributed by atoms with van der Waals surface area (Å²) in [5.74, 6) is -0.713. The third-order valence-corrected chi connectivity index (χ3v) is 4.61. The van der Waals surface area contributed by atoms with Crippen molar-refractivity contribution in [3.05, 3.63) is 70.5 Å². The SMILES string of the molecule is CNC(=O)[C@H](C)N(Cc1ccc(F)cc1)C(=O)Cc1ccc(C)c(C)c1. The number of hydrogen-bond donors (Lipinski definition) is 1. The molecule has 0 aromatic heterocycles. The van der Waals surface area contributed by atoms with E-state index < -0.39 is 6.04 Å². The maximum Gasteiger partial charge on any atom is 0.242 e. The lowest BCUT2D eigenvalue weighted by atomic mass is 10.0. The van der Waals surface area contributed by atoms with Crippen molar-refractivity contribution in [2.24, 2.45) is 0 Å². The quantitative estimate of drug-likeness (QED) is 0.864. The van der Waals surface area contributed by atoms with E-state index in [-0.39, 0.29) is 30.6 Å². The predicted molar refractivity (Wildman–Crippen MR) is 100 cm³/mol.